The van der Waals surface area contributed by atoms with E-state index in [4.69, 9.17) is 0 Å². The van der Waals surface area contributed by atoms with Gasteiger partial charge in [-0.2, -0.15) is 0 Å². The molecule has 0 rings (SSSR count). The van der Waals surface area contributed by atoms with E-state index in [1.807, 2.05) is 12.4 Å². The van der Waals surface area contributed by atoms with Gasteiger partial charge in [-0.15, -0.1) is 6.58 Å². The van der Waals surface area contributed by atoms with Gasteiger partial charge in [0.05, 0.1) is 6.34 Å². The SMILES string of the molecule is C=CCN(/C=N\C)CCCNCC. The molecule has 13 heavy (non-hydrogen) atoms. The molecule has 0 spiro atoms. The van der Waals surface area contributed by atoms with Crippen molar-refractivity contribution in [1.82, 2.24) is 10.2 Å². The maximum Gasteiger partial charge on any atom is 0.0849 e. The largest absolute Gasteiger partial charge is 0.359 e. The lowest BCUT2D eigenvalue weighted by atomic mass is 10.4. The molecule has 1 N–H and O–H groups in total. The van der Waals surface area contributed by atoms with Gasteiger partial charge >= 0.3 is 0 Å². The molecule has 0 aromatic heterocycles. The first-order valence-corrected chi connectivity index (χ1v) is 4.83. The zero-order valence-corrected chi connectivity index (χ0v) is 8.79. The summed E-state index contributed by atoms with van der Waals surface area (Å²) < 4.78 is 0. The van der Waals surface area contributed by atoms with Gasteiger partial charge < -0.3 is 10.2 Å². The maximum atomic E-state index is 3.99. The van der Waals surface area contributed by atoms with Gasteiger partial charge in [0.2, 0.25) is 0 Å². The highest BCUT2D eigenvalue weighted by atomic mass is 15.1. The minimum Gasteiger partial charge on any atom is -0.359 e. The van der Waals surface area contributed by atoms with E-state index < -0.39 is 0 Å². The van der Waals surface area contributed by atoms with Crippen molar-refractivity contribution >= 4 is 6.34 Å². The van der Waals surface area contributed by atoms with E-state index in [1.165, 1.54) is 0 Å². The van der Waals surface area contributed by atoms with Crippen LogP contribution in [0.3, 0.4) is 0 Å². The van der Waals surface area contributed by atoms with Crippen molar-refractivity contribution in [2.75, 3.05) is 33.2 Å². The Balaban J connectivity index is 3.50. The quantitative estimate of drug-likeness (QED) is 0.264. The fraction of sp³-hybridized carbons (Fsp3) is 0.700. The van der Waals surface area contributed by atoms with Gasteiger partial charge in [-0.05, 0) is 19.5 Å². The second-order valence-corrected chi connectivity index (χ2v) is 2.86. The smallest absolute Gasteiger partial charge is 0.0849 e. The Morgan fingerprint density at radius 3 is 2.85 bits per heavy atom. The predicted octanol–water partition coefficient (Wildman–Crippen LogP) is 1.13. The summed E-state index contributed by atoms with van der Waals surface area (Å²) in [7, 11) is 1.79. The lowest BCUT2D eigenvalue weighted by Gasteiger charge is -2.16. The zero-order chi connectivity index (χ0) is 9.94. The maximum absolute atomic E-state index is 3.99. The van der Waals surface area contributed by atoms with Crippen LogP contribution in [0.2, 0.25) is 0 Å². The van der Waals surface area contributed by atoms with Crippen molar-refractivity contribution in [2.24, 2.45) is 4.99 Å². The second-order valence-electron chi connectivity index (χ2n) is 2.86. The molecule has 0 amide bonds. The van der Waals surface area contributed by atoms with Crippen molar-refractivity contribution in [2.45, 2.75) is 13.3 Å². The first-order valence-electron chi connectivity index (χ1n) is 4.83. The highest BCUT2D eigenvalue weighted by Gasteiger charge is 1.95. The molecule has 3 nitrogen and oxygen atoms in total. The summed E-state index contributed by atoms with van der Waals surface area (Å²) in [6, 6.07) is 0. The third-order valence-electron chi connectivity index (χ3n) is 1.69. The predicted molar refractivity (Wildman–Crippen MR) is 59.3 cm³/mol. The Hall–Kier alpha value is -0.830. The van der Waals surface area contributed by atoms with Crippen LogP contribution in [0.4, 0.5) is 0 Å². The molecule has 0 saturated heterocycles. The molecular formula is C10H21N3. The molecule has 0 atom stereocenters. The summed E-state index contributed by atoms with van der Waals surface area (Å²) in [5, 5.41) is 3.29. The fourth-order valence-corrected chi connectivity index (χ4v) is 1.11. The van der Waals surface area contributed by atoms with Crippen molar-refractivity contribution in [3.8, 4) is 0 Å². The third kappa shape index (κ3) is 7.53. The number of nitrogens with zero attached hydrogens (tertiary/aromatic N) is 2. The molecule has 76 valence electrons. The summed E-state index contributed by atoms with van der Waals surface area (Å²) in [6.07, 6.45) is 4.91. The minimum absolute atomic E-state index is 0.878. The average Bonchev–Trinajstić information content (AvgIpc) is 2.13. The van der Waals surface area contributed by atoms with Crippen LogP contribution in [0.15, 0.2) is 17.6 Å². The monoisotopic (exact) mass is 183 g/mol. The molecule has 3 heteroatoms. The molecule has 0 aromatic carbocycles. The Bertz CT molecular complexity index is 143. The van der Waals surface area contributed by atoms with E-state index in [1.54, 1.807) is 7.05 Å². The second kappa shape index (κ2) is 9.26. The van der Waals surface area contributed by atoms with Gasteiger partial charge in [-0.1, -0.05) is 13.0 Å². The van der Waals surface area contributed by atoms with E-state index in [0.29, 0.717) is 0 Å². The lowest BCUT2D eigenvalue weighted by Crippen LogP contribution is -2.26. The molecule has 0 saturated carbocycles. The van der Waals surface area contributed by atoms with Crippen molar-refractivity contribution in [3.63, 3.8) is 0 Å². The van der Waals surface area contributed by atoms with Gasteiger partial charge in [0.25, 0.3) is 0 Å². The molecule has 0 aromatic rings. The Labute approximate surface area is 81.5 Å². The van der Waals surface area contributed by atoms with Gasteiger partial charge in [0, 0.05) is 20.1 Å². The fourth-order valence-electron chi connectivity index (χ4n) is 1.11. The van der Waals surface area contributed by atoms with Crippen LogP contribution < -0.4 is 5.32 Å². The first-order chi connectivity index (χ1) is 6.35. The van der Waals surface area contributed by atoms with Crippen molar-refractivity contribution < 1.29 is 0 Å². The zero-order valence-electron chi connectivity index (χ0n) is 8.79. The van der Waals surface area contributed by atoms with E-state index in [2.05, 4.69) is 28.7 Å². The number of hydrogen-bond acceptors (Lipinski definition) is 2. The highest BCUT2D eigenvalue weighted by molar-refractivity contribution is 5.54. The van der Waals surface area contributed by atoms with E-state index in [0.717, 1.165) is 32.6 Å². The lowest BCUT2D eigenvalue weighted by molar-refractivity contribution is 0.453. The number of aliphatic imine (C=N–C) groups is 1. The highest BCUT2D eigenvalue weighted by Crippen LogP contribution is 1.87. The molecule has 0 aliphatic heterocycles. The number of nitrogens with one attached hydrogen (secondary N) is 1. The molecule has 0 aliphatic carbocycles. The van der Waals surface area contributed by atoms with Gasteiger partial charge in [0.1, 0.15) is 0 Å². The topological polar surface area (TPSA) is 27.6 Å². The molecular weight excluding hydrogens is 162 g/mol. The van der Waals surface area contributed by atoms with Gasteiger partial charge in [-0.25, -0.2) is 0 Å². The van der Waals surface area contributed by atoms with Crippen LogP contribution in [-0.2, 0) is 0 Å². The molecule has 0 unspecified atom stereocenters. The summed E-state index contributed by atoms with van der Waals surface area (Å²) in [5.41, 5.74) is 0. The minimum atomic E-state index is 0.878. The Morgan fingerprint density at radius 1 is 1.54 bits per heavy atom. The van der Waals surface area contributed by atoms with Crippen LogP contribution in [0.25, 0.3) is 0 Å². The molecule has 0 bridgehead atoms. The van der Waals surface area contributed by atoms with Crippen molar-refractivity contribution in [1.29, 1.82) is 0 Å². The van der Waals surface area contributed by atoms with Crippen molar-refractivity contribution in [3.05, 3.63) is 12.7 Å². The Kier molecular flexibility index (Phi) is 8.67. The van der Waals surface area contributed by atoms with E-state index >= 15 is 0 Å². The van der Waals surface area contributed by atoms with E-state index in [-0.39, 0.29) is 0 Å². The summed E-state index contributed by atoms with van der Waals surface area (Å²) in [5.74, 6) is 0. The molecule has 0 heterocycles. The summed E-state index contributed by atoms with van der Waals surface area (Å²) >= 11 is 0. The summed E-state index contributed by atoms with van der Waals surface area (Å²) in [4.78, 5) is 6.14. The molecule has 0 aliphatic rings. The first kappa shape index (κ1) is 12.2. The third-order valence-corrected chi connectivity index (χ3v) is 1.69. The van der Waals surface area contributed by atoms with E-state index in [9.17, 15) is 0 Å². The summed E-state index contributed by atoms with van der Waals surface area (Å²) in [6.45, 7) is 9.86. The van der Waals surface area contributed by atoms with Crippen LogP contribution in [0.5, 0.6) is 0 Å². The normalized spacial score (nSPS) is 10.6. The van der Waals surface area contributed by atoms with Gasteiger partial charge in [-0.3, -0.25) is 4.99 Å². The van der Waals surface area contributed by atoms with Crippen LogP contribution >= 0.6 is 0 Å². The van der Waals surface area contributed by atoms with Crippen LogP contribution in [0, 0.1) is 0 Å². The molecule has 0 fully saturated rings. The van der Waals surface area contributed by atoms with Crippen LogP contribution in [-0.4, -0.2) is 44.5 Å². The average molecular weight is 183 g/mol. The number of rotatable bonds is 8. The van der Waals surface area contributed by atoms with Crippen LogP contribution in [0.1, 0.15) is 13.3 Å². The van der Waals surface area contributed by atoms with Gasteiger partial charge in [0.15, 0.2) is 0 Å². The number of hydrogen-bond donors (Lipinski definition) is 1. The standard InChI is InChI=1S/C10H21N3/c1-4-8-13(10-11-3)9-6-7-12-5-2/h4,10,12H,1,5-9H2,2-3H3/b11-10-. The molecule has 0 radical (unpaired) electrons. The Morgan fingerprint density at radius 2 is 2.31 bits per heavy atom.